The molecule has 0 amide bonds. The average molecular weight is 279 g/mol. The van der Waals surface area contributed by atoms with Gasteiger partial charge in [0.25, 0.3) is 0 Å². The molecule has 7 nitrogen and oxygen atoms in total. The molecular weight excluding hydrogens is 254 g/mol. The molecule has 0 aliphatic carbocycles. The van der Waals surface area contributed by atoms with Crippen LogP contribution in [-0.4, -0.2) is 71.5 Å². The fraction of sp³-hybridized carbons (Fsp3) is 0.917. The average Bonchev–Trinajstić information content (AvgIpc) is 2.41. The quantitative estimate of drug-likeness (QED) is 0.228. The van der Waals surface area contributed by atoms with Crippen LogP contribution in [0, 0.1) is 0 Å². The highest BCUT2D eigenvalue weighted by molar-refractivity contribution is 5.68. The van der Waals surface area contributed by atoms with Crippen molar-refractivity contribution in [2.45, 2.75) is 44.0 Å². The van der Waals surface area contributed by atoms with Crippen molar-refractivity contribution in [3.8, 4) is 0 Å². The SMILES string of the molecule is COC(=O)CCCCNCC(O)C(O)C(O)CCO. The first-order valence-corrected chi connectivity index (χ1v) is 6.45. The van der Waals surface area contributed by atoms with Crippen LogP contribution in [0.3, 0.4) is 0 Å². The fourth-order valence-electron chi connectivity index (χ4n) is 1.55. The Morgan fingerprint density at radius 2 is 1.89 bits per heavy atom. The Labute approximate surface area is 113 Å². The summed E-state index contributed by atoms with van der Waals surface area (Å²) in [5.74, 6) is -0.248. The van der Waals surface area contributed by atoms with E-state index in [-0.39, 0.29) is 25.5 Å². The Morgan fingerprint density at radius 3 is 2.47 bits per heavy atom. The van der Waals surface area contributed by atoms with Gasteiger partial charge in [0, 0.05) is 19.6 Å². The molecule has 0 radical (unpaired) electrons. The predicted molar refractivity (Wildman–Crippen MR) is 68.5 cm³/mol. The second-order valence-corrected chi connectivity index (χ2v) is 4.37. The van der Waals surface area contributed by atoms with Crippen LogP contribution in [0.25, 0.3) is 0 Å². The Morgan fingerprint density at radius 1 is 1.21 bits per heavy atom. The molecule has 0 spiro atoms. The van der Waals surface area contributed by atoms with Crippen molar-refractivity contribution in [2.24, 2.45) is 0 Å². The van der Waals surface area contributed by atoms with Crippen LogP contribution < -0.4 is 5.32 Å². The van der Waals surface area contributed by atoms with Gasteiger partial charge < -0.3 is 30.5 Å². The van der Waals surface area contributed by atoms with Gasteiger partial charge in [0.2, 0.25) is 0 Å². The number of aliphatic hydroxyl groups is 4. The van der Waals surface area contributed by atoms with E-state index in [0.717, 1.165) is 6.42 Å². The predicted octanol–water partition coefficient (Wildman–Crippen LogP) is -1.62. The molecule has 0 fully saturated rings. The van der Waals surface area contributed by atoms with E-state index in [1.807, 2.05) is 0 Å². The fourth-order valence-corrected chi connectivity index (χ4v) is 1.55. The van der Waals surface area contributed by atoms with E-state index in [9.17, 15) is 20.1 Å². The summed E-state index contributed by atoms with van der Waals surface area (Å²) in [7, 11) is 1.34. The molecule has 5 N–H and O–H groups in total. The molecule has 0 rings (SSSR count). The van der Waals surface area contributed by atoms with E-state index in [2.05, 4.69) is 10.1 Å². The highest BCUT2D eigenvalue weighted by atomic mass is 16.5. The van der Waals surface area contributed by atoms with Gasteiger partial charge in [-0.15, -0.1) is 0 Å². The molecule has 19 heavy (non-hydrogen) atoms. The molecule has 0 heterocycles. The third kappa shape index (κ3) is 8.90. The number of unbranched alkanes of at least 4 members (excludes halogenated alkanes) is 1. The first-order valence-electron chi connectivity index (χ1n) is 6.45. The number of rotatable bonds is 11. The maximum absolute atomic E-state index is 10.8. The van der Waals surface area contributed by atoms with Crippen molar-refractivity contribution in [1.29, 1.82) is 0 Å². The minimum absolute atomic E-state index is 0.0252. The number of hydrogen-bond donors (Lipinski definition) is 5. The van der Waals surface area contributed by atoms with Crippen LogP contribution in [0.15, 0.2) is 0 Å². The number of nitrogens with one attached hydrogen (secondary N) is 1. The van der Waals surface area contributed by atoms with E-state index in [1.165, 1.54) is 7.11 Å². The summed E-state index contributed by atoms with van der Waals surface area (Å²) in [5, 5.41) is 40.0. The largest absolute Gasteiger partial charge is 0.469 e. The minimum Gasteiger partial charge on any atom is -0.469 e. The van der Waals surface area contributed by atoms with Gasteiger partial charge in [0.15, 0.2) is 0 Å². The van der Waals surface area contributed by atoms with Crippen LogP contribution in [0.2, 0.25) is 0 Å². The van der Waals surface area contributed by atoms with Gasteiger partial charge in [-0.3, -0.25) is 4.79 Å². The molecule has 114 valence electrons. The lowest BCUT2D eigenvalue weighted by Gasteiger charge is -2.22. The highest BCUT2D eigenvalue weighted by Crippen LogP contribution is 2.03. The number of carbonyl (C=O) groups excluding carboxylic acids is 1. The molecule has 0 aliphatic heterocycles. The molecule has 0 bridgehead atoms. The summed E-state index contributed by atoms with van der Waals surface area (Å²) < 4.78 is 4.50. The van der Waals surface area contributed by atoms with Crippen LogP contribution in [0.4, 0.5) is 0 Å². The van der Waals surface area contributed by atoms with Gasteiger partial charge >= 0.3 is 5.97 Å². The van der Waals surface area contributed by atoms with Crippen LogP contribution >= 0.6 is 0 Å². The lowest BCUT2D eigenvalue weighted by molar-refractivity contribution is -0.140. The van der Waals surface area contributed by atoms with Crippen LogP contribution in [-0.2, 0) is 9.53 Å². The van der Waals surface area contributed by atoms with E-state index < -0.39 is 18.3 Å². The van der Waals surface area contributed by atoms with Crippen molar-refractivity contribution in [3.05, 3.63) is 0 Å². The summed E-state index contributed by atoms with van der Waals surface area (Å²) in [4.78, 5) is 10.8. The highest BCUT2D eigenvalue weighted by Gasteiger charge is 2.23. The number of esters is 1. The van der Waals surface area contributed by atoms with E-state index >= 15 is 0 Å². The van der Waals surface area contributed by atoms with E-state index in [1.54, 1.807) is 0 Å². The van der Waals surface area contributed by atoms with Crippen LogP contribution in [0.1, 0.15) is 25.7 Å². The zero-order valence-corrected chi connectivity index (χ0v) is 11.3. The normalized spacial score (nSPS) is 15.8. The monoisotopic (exact) mass is 279 g/mol. The number of methoxy groups -OCH3 is 1. The minimum atomic E-state index is -1.28. The second-order valence-electron chi connectivity index (χ2n) is 4.37. The molecule has 0 saturated heterocycles. The topological polar surface area (TPSA) is 119 Å². The molecule has 3 unspecified atom stereocenters. The Bertz CT molecular complexity index is 238. The Kier molecular flexibility index (Phi) is 10.7. The lowest BCUT2D eigenvalue weighted by atomic mass is 10.1. The maximum atomic E-state index is 10.8. The third-order valence-electron chi connectivity index (χ3n) is 2.78. The molecule has 0 aromatic rings. The maximum Gasteiger partial charge on any atom is 0.305 e. The van der Waals surface area contributed by atoms with Crippen molar-refractivity contribution < 1.29 is 30.0 Å². The standard InChI is InChI=1S/C12H25NO6/c1-19-11(17)4-2-3-6-13-8-10(16)12(18)9(15)5-7-14/h9-10,12-16,18H,2-8H2,1H3. The van der Waals surface area contributed by atoms with Crippen molar-refractivity contribution in [2.75, 3.05) is 26.8 Å². The zero-order valence-electron chi connectivity index (χ0n) is 11.3. The van der Waals surface area contributed by atoms with Gasteiger partial charge in [-0.25, -0.2) is 0 Å². The van der Waals surface area contributed by atoms with E-state index in [4.69, 9.17) is 5.11 Å². The van der Waals surface area contributed by atoms with Crippen LogP contribution in [0.5, 0.6) is 0 Å². The molecular formula is C12H25NO6. The van der Waals surface area contributed by atoms with E-state index in [0.29, 0.717) is 19.4 Å². The van der Waals surface area contributed by atoms with Gasteiger partial charge in [-0.2, -0.15) is 0 Å². The molecule has 0 aromatic heterocycles. The number of aliphatic hydroxyl groups excluding tert-OH is 4. The first-order chi connectivity index (χ1) is 9.02. The summed E-state index contributed by atoms with van der Waals surface area (Å²) in [6.07, 6.45) is -1.70. The molecule has 0 saturated carbocycles. The summed E-state index contributed by atoms with van der Waals surface area (Å²) >= 11 is 0. The van der Waals surface area contributed by atoms with Crippen molar-refractivity contribution in [3.63, 3.8) is 0 Å². The van der Waals surface area contributed by atoms with Crippen molar-refractivity contribution in [1.82, 2.24) is 5.32 Å². The summed E-state index contributed by atoms with van der Waals surface area (Å²) in [6.45, 7) is 0.491. The molecule has 3 atom stereocenters. The second kappa shape index (κ2) is 11.1. The smallest absolute Gasteiger partial charge is 0.305 e. The van der Waals surface area contributed by atoms with Gasteiger partial charge in [0.05, 0.1) is 19.3 Å². The lowest BCUT2D eigenvalue weighted by Crippen LogP contribution is -2.43. The number of ether oxygens (including phenoxy) is 1. The van der Waals surface area contributed by atoms with Gasteiger partial charge in [0.1, 0.15) is 6.10 Å². The first kappa shape index (κ1) is 18.3. The molecule has 0 aliphatic rings. The molecule has 7 heteroatoms. The van der Waals surface area contributed by atoms with Gasteiger partial charge in [-0.1, -0.05) is 0 Å². The summed E-state index contributed by atoms with van der Waals surface area (Å²) in [6, 6.07) is 0. The zero-order chi connectivity index (χ0) is 14.7. The Hall–Kier alpha value is -0.730. The Balaban J connectivity index is 3.57. The third-order valence-corrected chi connectivity index (χ3v) is 2.78. The number of hydrogen-bond acceptors (Lipinski definition) is 7. The summed E-state index contributed by atoms with van der Waals surface area (Å²) in [5.41, 5.74) is 0. The number of carbonyl (C=O) groups is 1. The van der Waals surface area contributed by atoms with Crippen molar-refractivity contribution >= 4 is 5.97 Å². The van der Waals surface area contributed by atoms with Gasteiger partial charge in [-0.05, 0) is 25.8 Å². The molecule has 0 aromatic carbocycles.